The molecule has 27 heavy (non-hydrogen) atoms. The molecular weight excluding hydrogens is 340 g/mol. The summed E-state index contributed by atoms with van der Waals surface area (Å²) in [4.78, 5) is 20.7. The van der Waals surface area contributed by atoms with Crippen molar-refractivity contribution in [3.8, 4) is 11.3 Å². The predicted octanol–water partition coefficient (Wildman–Crippen LogP) is 3.22. The second-order valence-electron chi connectivity index (χ2n) is 6.50. The van der Waals surface area contributed by atoms with Crippen LogP contribution < -0.4 is 10.6 Å². The average molecular weight is 360 g/mol. The second kappa shape index (κ2) is 7.45. The summed E-state index contributed by atoms with van der Waals surface area (Å²) in [5, 5.41) is 16.2. The van der Waals surface area contributed by atoms with Crippen LogP contribution in [0.4, 0.5) is 11.5 Å². The first-order valence-corrected chi connectivity index (χ1v) is 8.93. The van der Waals surface area contributed by atoms with E-state index in [0.717, 1.165) is 34.6 Å². The molecule has 0 fully saturated rings. The van der Waals surface area contributed by atoms with Crippen LogP contribution in [0.15, 0.2) is 60.9 Å². The molecule has 1 atom stereocenters. The van der Waals surface area contributed by atoms with Crippen LogP contribution in [0.1, 0.15) is 11.1 Å². The van der Waals surface area contributed by atoms with E-state index in [4.69, 9.17) is 0 Å². The number of para-hydroxylation sites is 1. The number of rotatable bonds is 5. The Morgan fingerprint density at radius 3 is 2.70 bits per heavy atom. The summed E-state index contributed by atoms with van der Waals surface area (Å²) < 4.78 is 0. The number of hydrogen-bond acceptors (Lipinski definition) is 5. The lowest BCUT2D eigenvalue weighted by Gasteiger charge is -2.18. The van der Waals surface area contributed by atoms with Crippen molar-refractivity contribution in [2.45, 2.75) is 18.9 Å². The fourth-order valence-electron chi connectivity index (χ4n) is 3.39. The lowest BCUT2D eigenvalue weighted by atomic mass is 10.0. The Morgan fingerprint density at radius 2 is 1.89 bits per heavy atom. The van der Waals surface area contributed by atoms with Gasteiger partial charge in [-0.2, -0.15) is 0 Å². The standard InChI is InChI=1S/C21H20N4O2/c26-21(27)18(12-14-6-2-1-3-7-14)25-20-16-10-11-22-17-9-5-4-8-15(17)19(16)23-13-24-20/h1-9,13,18,22H,10-12H2,(H,26,27)(H,23,24,25). The van der Waals surface area contributed by atoms with Gasteiger partial charge in [-0.1, -0.05) is 48.5 Å². The number of anilines is 2. The summed E-state index contributed by atoms with van der Waals surface area (Å²) in [6.45, 7) is 0.739. The van der Waals surface area contributed by atoms with Crippen molar-refractivity contribution in [3.05, 3.63) is 72.1 Å². The molecule has 3 N–H and O–H groups in total. The third kappa shape index (κ3) is 3.60. The van der Waals surface area contributed by atoms with Gasteiger partial charge < -0.3 is 15.7 Å². The number of hydrogen-bond donors (Lipinski definition) is 3. The third-order valence-corrected chi connectivity index (χ3v) is 4.71. The molecule has 0 bridgehead atoms. The second-order valence-corrected chi connectivity index (χ2v) is 6.50. The van der Waals surface area contributed by atoms with Crippen molar-refractivity contribution in [2.75, 3.05) is 17.2 Å². The molecule has 0 radical (unpaired) electrons. The Balaban J connectivity index is 1.68. The van der Waals surface area contributed by atoms with Crippen LogP contribution in [-0.2, 0) is 17.6 Å². The summed E-state index contributed by atoms with van der Waals surface area (Å²) in [6.07, 6.45) is 2.58. The Hall–Kier alpha value is -3.41. The Labute approximate surface area is 157 Å². The zero-order valence-electron chi connectivity index (χ0n) is 14.7. The van der Waals surface area contributed by atoms with E-state index >= 15 is 0 Å². The molecule has 2 aromatic carbocycles. The largest absolute Gasteiger partial charge is 0.480 e. The van der Waals surface area contributed by atoms with Crippen LogP contribution in [0.3, 0.4) is 0 Å². The molecule has 6 nitrogen and oxygen atoms in total. The van der Waals surface area contributed by atoms with Gasteiger partial charge in [0.15, 0.2) is 0 Å². The van der Waals surface area contributed by atoms with Gasteiger partial charge in [0.2, 0.25) is 0 Å². The van der Waals surface area contributed by atoms with Gasteiger partial charge in [-0.3, -0.25) is 0 Å². The molecule has 1 unspecified atom stereocenters. The summed E-state index contributed by atoms with van der Waals surface area (Å²) in [5.41, 5.74) is 4.78. The topological polar surface area (TPSA) is 87.1 Å². The van der Waals surface area contributed by atoms with E-state index in [9.17, 15) is 9.90 Å². The summed E-state index contributed by atoms with van der Waals surface area (Å²) in [6, 6.07) is 16.8. The minimum atomic E-state index is -0.904. The number of nitrogens with one attached hydrogen (secondary N) is 2. The molecule has 0 saturated heterocycles. The number of carbonyl (C=O) groups is 1. The quantitative estimate of drug-likeness (QED) is 0.648. The van der Waals surface area contributed by atoms with Gasteiger partial charge in [0.05, 0.1) is 5.69 Å². The van der Waals surface area contributed by atoms with E-state index in [-0.39, 0.29) is 0 Å². The van der Waals surface area contributed by atoms with Crippen LogP contribution in [0, 0.1) is 0 Å². The molecule has 6 heteroatoms. The van der Waals surface area contributed by atoms with E-state index in [1.54, 1.807) is 0 Å². The highest BCUT2D eigenvalue weighted by molar-refractivity contribution is 5.82. The van der Waals surface area contributed by atoms with E-state index < -0.39 is 12.0 Å². The van der Waals surface area contributed by atoms with Gasteiger partial charge in [0.25, 0.3) is 0 Å². The van der Waals surface area contributed by atoms with Crippen molar-refractivity contribution in [2.24, 2.45) is 0 Å². The molecule has 0 amide bonds. The smallest absolute Gasteiger partial charge is 0.326 e. The number of benzene rings is 2. The molecular formula is C21H20N4O2. The molecule has 1 aromatic heterocycles. The summed E-state index contributed by atoms with van der Waals surface area (Å²) >= 11 is 0. The van der Waals surface area contributed by atoms with Crippen LogP contribution in [0.2, 0.25) is 0 Å². The summed E-state index contributed by atoms with van der Waals surface area (Å²) in [5.74, 6) is -0.319. The number of carboxylic acid groups (broad SMARTS) is 1. The van der Waals surface area contributed by atoms with E-state index in [2.05, 4.69) is 20.6 Å². The average Bonchev–Trinajstić information content (AvgIpc) is 2.88. The first-order chi connectivity index (χ1) is 13.2. The minimum Gasteiger partial charge on any atom is -0.480 e. The highest BCUT2D eigenvalue weighted by Crippen LogP contribution is 2.34. The van der Waals surface area contributed by atoms with Crippen molar-refractivity contribution >= 4 is 17.5 Å². The summed E-state index contributed by atoms with van der Waals surface area (Å²) in [7, 11) is 0. The molecule has 4 rings (SSSR count). The zero-order valence-corrected chi connectivity index (χ0v) is 14.7. The first kappa shape index (κ1) is 17.0. The monoisotopic (exact) mass is 360 g/mol. The Bertz CT molecular complexity index is 959. The van der Waals surface area contributed by atoms with Crippen molar-refractivity contribution < 1.29 is 9.90 Å². The highest BCUT2D eigenvalue weighted by Gasteiger charge is 2.23. The lowest BCUT2D eigenvalue weighted by molar-refractivity contribution is -0.137. The highest BCUT2D eigenvalue weighted by atomic mass is 16.4. The zero-order chi connectivity index (χ0) is 18.6. The van der Waals surface area contributed by atoms with Crippen molar-refractivity contribution in [1.82, 2.24) is 9.97 Å². The van der Waals surface area contributed by atoms with Crippen LogP contribution in [-0.4, -0.2) is 33.6 Å². The maximum Gasteiger partial charge on any atom is 0.326 e. The molecule has 0 aliphatic carbocycles. The number of nitrogens with zero attached hydrogens (tertiary/aromatic N) is 2. The molecule has 0 saturated carbocycles. The van der Waals surface area contributed by atoms with Crippen LogP contribution in [0.25, 0.3) is 11.3 Å². The molecule has 1 aliphatic heterocycles. The molecule has 136 valence electrons. The van der Waals surface area contributed by atoms with Crippen LogP contribution >= 0.6 is 0 Å². The van der Waals surface area contributed by atoms with Gasteiger partial charge in [0, 0.05) is 29.8 Å². The first-order valence-electron chi connectivity index (χ1n) is 8.93. The maximum absolute atomic E-state index is 11.8. The lowest BCUT2D eigenvalue weighted by Crippen LogP contribution is -2.32. The molecule has 2 heterocycles. The van der Waals surface area contributed by atoms with Gasteiger partial charge in [-0.25, -0.2) is 14.8 Å². The predicted molar refractivity (Wildman–Crippen MR) is 105 cm³/mol. The van der Waals surface area contributed by atoms with Gasteiger partial charge in [0.1, 0.15) is 18.2 Å². The van der Waals surface area contributed by atoms with E-state index in [1.165, 1.54) is 6.33 Å². The van der Waals surface area contributed by atoms with E-state index in [0.29, 0.717) is 18.7 Å². The number of aromatic nitrogens is 2. The normalized spacial score (nSPS) is 13.5. The Kier molecular flexibility index (Phi) is 4.70. The van der Waals surface area contributed by atoms with Crippen molar-refractivity contribution in [1.29, 1.82) is 0 Å². The maximum atomic E-state index is 11.8. The van der Waals surface area contributed by atoms with Gasteiger partial charge >= 0.3 is 5.97 Å². The van der Waals surface area contributed by atoms with Gasteiger partial charge in [-0.05, 0) is 18.1 Å². The number of fused-ring (bicyclic) bond motifs is 3. The SMILES string of the molecule is O=C(O)C(Cc1ccccc1)Nc1ncnc2c1CCNc1ccccc1-2. The van der Waals surface area contributed by atoms with Gasteiger partial charge in [-0.15, -0.1) is 0 Å². The molecule has 0 spiro atoms. The van der Waals surface area contributed by atoms with Crippen LogP contribution in [0.5, 0.6) is 0 Å². The van der Waals surface area contributed by atoms with E-state index in [1.807, 2.05) is 54.6 Å². The number of carboxylic acids is 1. The Morgan fingerprint density at radius 1 is 1.11 bits per heavy atom. The molecule has 3 aromatic rings. The third-order valence-electron chi connectivity index (χ3n) is 4.71. The number of aliphatic carboxylic acids is 1. The van der Waals surface area contributed by atoms with Crippen molar-refractivity contribution in [3.63, 3.8) is 0 Å². The minimum absolute atomic E-state index is 0.379. The molecule has 1 aliphatic rings. The fraction of sp³-hybridized carbons (Fsp3) is 0.190. The fourth-order valence-corrected chi connectivity index (χ4v) is 3.39.